The molecule has 1 aromatic heterocycles. The van der Waals surface area contributed by atoms with E-state index in [-0.39, 0.29) is 4.21 Å². The van der Waals surface area contributed by atoms with Crippen molar-refractivity contribution >= 4 is 60.5 Å². The maximum atomic E-state index is 12.8. The first kappa shape index (κ1) is 20.0. The lowest BCUT2D eigenvalue weighted by molar-refractivity contribution is -0.117. The minimum atomic E-state index is -3.87. The van der Waals surface area contributed by atoms with E-state index in [2.05, 4.69) is 26.0 Å². The van der Waals surface area contributed by atoms with Gasteiger partial charge in [-0.1, -0.05) is 41.9 Å². The van der Waals surface area contributed by atoms with E-state index in [1.165, 1.54) is 6.07 Å². The molecule has 1 amide bonds. The van der Waals surface area contributed by atoms with Crippen molar-refractivity contribution in [2.24, 2.45) is 0 Å². The molecule has 3 rings (SSSR count). The molecule has 0 aliphatic rings. The van der Waals surface area contributed by atoms with Crippen molar-refractivity contribution in [3.05, 3.63) is 81.1 Å². The second kappa shape index (κ2) is 8.53. The SMILES string of the molecule is O=C(Nc1ccc(Cl)cc1)[C@@H](NS(=O)(=O)c1ccc(Br)s1)c1ccccc1. The van der Waals surface area contributed by atoms with E-state index < -0.39 is 22.0 Å². The Labute approximate surface area is 174 Å². The summed E-state index contributed by atoms with van der Waals surface area (Å²) < 4.78 is 28.7. The topological polar surface area (TPSA) is 75.3 Å². The number of nitrogens with one attached hydrogen (secondary N) is 2. The standard InChI is InChI=1S/C18H14BrClN2O3S2/c19-15-10-11-16(26-15)27(24,25)22-17(12-4-2-1-3-5-12)18(23)21-14-8-6-13(20)7-9-14/h1-11,17,22H,(H,21,23)/t17-/m0/s1. The van der Waals surface area contributed by atoms with E-state index in [1.54, 1.807) is 60.7 Å². The highest BCUT2D eigenvalue weighted by atomic mass is 79.9. The molecule has 1 heterocycles. The van der Waals surface area contributed by atoms with Gasteiger partial charge in [0.1, 0.15) is 10.3 Å². The fourth-order valence-electron chi connectivity index (χ4n) is 2.32. The summed E-state index contributed by atoms with van der Waals surface area (Å²) in [6.45, 7) is 0. The first-order valence-electron chi connectivity index (χ1n) is 7.74. The number of sulfonamides is 1. The van der Waals surface area contributed by atoms with E-state index in [9.17, 15) is 13.2 Å². The van der Waals surface area contributed by atoms with Crippen LogP contribution in [0.4, 0.5) is 5.69 Å². The van der Waals surface area contributed by atoms with Crippen LogP contribution in [0.25, 0.3) is 0 Å². The van der Waals surface area contributed by atoms with Crippen LogP contribution in [0.2, 0.25) is 5.02 Å². The molecular weight excluding hydrogens is 472 g/mol. The number of carbonyl (C=O) groups excluding carboxylic acids is 1. The fourth-order valence-corrected chi connectivity index (χ4v) is 5.66. The summed E-state index contributed by atoms with van der Waals surface area (Å²) in [6, 6.07) is 17.3. The first-order valence-corrected chi connectivity index (χ1v) is 11.2. The lowest BCUT2D eigenvalue weighted by Crippen LogP contribution is -2.36. The number of hydrogen-bond donors (Lipinski definition) is 2. The smallest absolute Gasteiger partial charge is 0.251 e. The van der Waals surface area contributed by atoms with Crippen molar-refractivity contribution in [1.29, 1.82) is 0 Å². The highest BCUT2D eigenvalue weighted by molar-refractivity contribution is 9.11. The number of rotatable bonds is 6. The van der Waals surface area contributed by atoms with Gasteiger partial charge in [0, 0.05) is 10.7 Å². The van der Waals surface area contributed by atoms with E-state index in [0.29, 0.717) is 20.1 Å². The second-order valence-corrected chi connectivity index (χ2v) is 10.4. The minimum Gasteiger partial charge on any atom is -0.324 e. The van der Waals surface area contributed by atoms with Gasteiger partial charge in [0.05, 0.1) is 3.79 Å². The third-order valence-electron chi connectivity index (χ3n) is 3.59. The summed E-state index contributed by atoms with van der Waals surface area (Å²) in [7, 11) is -3.87. The number of thiophene rings is 1. The van der Waals surface area contributed by atoms with Gasteiger partial charge in [0.25, 0.3) is 10.0 Å². The van der Waals surface area contributed by atoms with Crippen LogP contribution in [-0.2, 0) is 14.8 Å². The third kappa shape index (κ3) is 5.18. The summed E-state index contributed by atoms with van der Waals surface area (Å²) in [5, 5.41) is 3.26. The fraction of sp³-hybridized carbons (Fsp3) is 0.0556. The summed E-state index contributed by atoms with van der Waals surface area (Å²) in [5.74, 6) is -0.497. The summed E-state index contributed by atoms with van der Waals surface area (Å²) >= 11 is 10.2. The number of halogens is 2. The number of hydrogen-bond acceptors (Lipinski definition) is 4. The highest BCUT2D eigenvalue weighted by Crippen LogP contribution is 2.28. The zero-order valence-electron chi connectivity index (χ0n) is 13.7. The van der Waals surface area contributed by atoms with Gasteiger partial charge in [0.2, 0.25) is 5.91 Å². The predicted molar refractivity (Wildman–Crippen MR) is 112 cm³/mol. The quantitative estimate of drug-likeness (QED) is 0.525. The van der Waals surface area contributed by atoms with Gasteiger partial charge < -0.3 is 5.32 Å². The molecule has 3 aromatic rings. The van der Waals surface area contributed by atoms with E-state index >= 15 is 0 Å². The van der Waals surface area contributed by atoms with Crippen LogP contribution in [0, 0.1) is 0 Å². The zero-order valence-corrected chi connectivity index (χ0v) is 17.7. The number of carbonyl (C=O) groups is 1. The summed E-state index contributed by atoms with van der Waals surface area (Å²) in [4.78, 5) is 12.8. The average Bonchev–Trinajstić information content (AvgIpc) is 3.10. The number of benzene rings is 2. The molecule has 0 saturated carbocycles. The Balaban J connectivity index is 1.89. The van der Waals surface area contributed by atoms with Gasteiger partial charge >= 0.3 is 0 Å². The van der Waals surface area contributed by atoms with Crippen LogP contribution in [0.5, 0.6) is 0 Å². The van der Waals surface area contributed by atoms with Crippen molar-refractivity contribution in [1.82, 2.24) is 4.72 Å². The minimum absolute atomic E-state index is 0.120. The van der Waals surface area contributed by atoms with Gasteiger partial charge in [-0.15, -0.1) is 11.3 Å². The molecule has 0 saturated heterocycles. The van der Waals surface area contributed by atoms with Crippen LogP contribution in [0.15, 0.2) is 74.7 Å². The molecule has 0 bridgehead atoms. The molecule has 0 unspecified atom stereocenters. The van der Waals surface area contributed by atoms with Crippen LogP contribution in [0.1, 0.15) is 11.6 Å². The van der Waals surface area contributed by atoms with E-state index in [1.807, 2.05) is 0 Å². The highest BCUT2D eigenvalue weighted by Gasteiger charge is 2.28. The molecule has 0 aliphatic carbocycles. The zero-order chi connectivity index (χ0) is 19.4. The number of anilines is 1. The Bertz CT molecular complexity index is 1040. The molecule has 140 valence electrons. The molecule has 2 N–H and O–H groups in total. The molecule has 2 aromatic carbocycles. The van der Waals surface area contributed by atoms with E-state index in [4.69, 9.17) is 11.6 Å². The Kier molecular flexibility index (Phi) is 6.33. The molecule has 0 fully saturated rings. The van der Waals surface area contributed by atoms with Gasteiger partial charge in [0.15, 0.2) is 0 Å². The van der Waals surface area contributed by atoms with Crippen molar-refractivity contribution in [2.75, 3.05) is 5.32 Å². The van der Waals surface area contributed by atoms with Gasteiger partial charge in [-0.25, -0.2) is 8.42 Å². The molecule has 9 heteroatoms. The van der Waals surface area contributed by atoms with Crippen LogP contribution in [-0.4, -0.2) is 14.3 Å². The monoisotopic (exact) mass is 484 g/mol. The number of amides is 1. The molecule has 5 nitrogen and oxygen atoms in total. The predicted octanol–water partition coefficient (Wildman–Crippen LogP) is 4.82. The maximum Gasteiger partial charge on any atom is 0.251 e. The molecule has 27 heavy (non-hydrogen) atoms. The Morgan fingerprint density at radius 3 is 2.26 bits per heavy atom. The normalized spacial score (nSPS) is 12.5. The Morgan fingerprint density at radius 1 is 1.00 bits per heavy atom. The van der Waals surface area contributed by atoms with E-state index in [0.717, 1.165) is 11.3 Å². The summed E-state index contributed by atoms with van der Waals surface area (Å²) in [5.41, 5.74) is 1.05. The van der Waals surface area contributed by atoms with Crippen molar-refractivity contribution in [3.63, 3.8) is 0 Å². The van der Waals surface area contributed by atoms with Crippen LogP contribution >= 0.6 is 38.9 Å². The van der Waals surface area contributed by atoms with Gasteiger partial charge in [-0.05, 0) is 57.9 Å². The maximum absolute atomic E-state index is 12.8. The third-order valence-corrected chi connectivity index (χ3v) is 7.38. The molecule has 0 spiro atoms. The van der Waals surface area contributed by atoms with Crippen molar-refractivity contribution < 1.29 is 13.2 Å². The van der Waals surface area contributed by atoms with Crippen LogP contribution < -0.4 is 10.0 Å². The Hall–Kier alpha value is -1.71. The molecule has 1 atom stereocenters. The lowest BCUT2D eigenvalue weighted by Gasteiger charge is -2.18. The largest absolute Gasteiger partial charge is 0.324 e. The summed E-state index contributed by atoms with van der Waals surface area (Å²) in [6.07, 6.45) is 0. The van der Waals surface area contributed by atoms with Gasteiger partial charge in [-0.2, -0.15) is 4.72 Å². The van der Waals surface area contributed by atoms with Gasteiger partial charge in [-0.3, -0.25) is 4.79 Å². The second-order valence-electron chi connectivity index (χ2n) is 5.52. The molecular formula is C18H14BrClN2O3S2. The van der Waals surface area contributed by atoms with Crippen molar-refractivity contribution in [3.8, 4) is 0 Å². The Morgan fingerprint density at radius 2 is 1.67 bits per heavy atom. The molecule has 0 aliphatic heterocycles. The molecule has 0 radical (unpaired) electrons. The van der Waals surface area contributed by atoms with Crippen LogP contribution in [0.3, 0.4) is 0 Å². The lowest BCUT2D eigenvalue weighted by atomic mass is 10.1. The first-order chi connectivity index (χ1) is 12.8. The average molecular weight is 486 g/mol. The van der Waals surface area contributed by atoms with Crippen molar-refractivity contribution in [2.45, 2.75) is 10.3 Å².